The van der Waals surface area contributed by atoms with Gasteiger partial charge in [0.05, 0.1) is 12.5 Å². The molecular weight excluding hydrogens is 354 g/mol. The van der Waals surface area contributed by atoms with Crippen molar-refractivity contribution >= 4 is 29.3 Å². The van der Waals surface area contributed by atoms with Crippen molar-refractivity contribution < 1.29 is 14.0 Å². The van der Waals surface area contributed by atoms with E-state index in [0.717, 1.165) is 36.2 Å². The van der Waals surface area contributed by atoms with Gasteiger partial charge in [0.2, 0.25) is 11.8 Å². The summed E-state index contributed by atoms with van der Waals surface area (Å²) in [5, 5.41) is 2.77. The van der Waals surface area contributed by atoms with Gasteiger partial charge in [-0.25, -0.2) is 4.98 Å². The van der Waals surface area contributed by atoms with Crippen LogP contribution in [-0.4, -0.2) is 34.8 Å². The Bertz CT molecular complexity index is 990. The Morgan fingerprint density at radius 1 is 1.32 bits per heavy atom. The first-order chi connectivity index (χ1) is 13.7. The monoisotopic (exact) mass is 375 g/mol. The molecule has 142 valence electrons. The van der Waals surface area contributed by atoms with Gasteiger partial charge in [-0.3, -0.25) is 9.59 Å². The fourth-order valence-electron chi connectivity index (χ4n) is 4.39. The zero-order valence-electron chi connectivity index (χ0n) is 15.4. The van der Waals surface area contributed by atoms with Crippen LogP contribution in [0.4, 0.5) is 5.82 Å². The molecule has 0 aromatic carbocycles. The summed E-state index contributed by atoms with van der Waals surface area (Å²) in [5.41, 5.74) is 4.38. The maximum Gasteiger partial charge on any atom is 0.246 e. The van der Waals surface area contributed by atoms with Crippen LogP contribution in [-0.2, 0) is 16.0 Å². The van der Waals surface area contributed by atoms with Crippen LogP contribution in [0.3, 0.4) is 0 Å². The Balaban J connectivity index is 1.23. The number of allylic oxidation sites excluding steroid dienone is 1. The predicted molar refractivity (Wildman–Crippen MR) is 105 cm³/mol. The fraction of sp³-hybridized carbons (Fsp3) is 0.318. The van der Waals surface area contributed by atoms with Crippen molar-refractivity contribution in [2.24, 2.45) is 11.8 Å². The van der Waals surface area contributed by atoms with Crippen molar-refractivity contribution in [3.63, 3.8) is 0 Å². The molecule has 3 aliphatic rings. The summed E-state index contributed by atoms with van der Waals surface area (Å²) in [4.78, 5) is 30.3. The molecule has 0 bridgehead atoms. The molecule has 1 saturated heterocycles. The molecule has 6 nitrogen and oxygen atoms in total. The molecule has 5 rings (SSSR count). The number of carbonyl (C=O) groups is 2. The van der Waals surface area contributed by atoms with Crippen LogP contribution in [0.1, 0.15) is 29.5 Å². The highest BCUT2D eigenvalue weighted by Gasteiger charge is 2.37. The maximum atomic E-state index is 12.6. The van der Waals surface area contributed by atoms with Gasteiger partial charge < -0.3 is 14.6 Å². The number of anilines is 1. The van der Waals surface area contributed by atoms with Gasteiger partial charge >= 0.3 is 0 Å². The number of likely N-dealkylation sites (tertiary alicyclic amines) is 1. The van der Waals surface area contributed by atoms with Crippen LogP contribution in [0.5, 0.6) is 0 Å². The molecule has 6 heteroatoms. The van der Waals surface area contributed by atoms with Gasteiger partial charge in [0.25, 0.3) is 0 Å². The molecule has 1 aliphatic carbocycles. The van der Waals surface area contributed by atoms with E-state index < -0.39 is 0 Å². The van der Waals surface area contributed by atoms with E-state index >= 15 is 0 Å². The lowest BCUT2D eigenvalue weighted by Crippen LogP contribution is -2.27. The lowest BCUT2D eigenvalue weighted by Gasteiger charge is -2.16. The third-order valence-corrected chi connectivity index (χ3v) is 5.88. The van der Waals surface area contributed by atoms with Crippen molar-refractivity contribution in [3.8, 4) is 0 Å². The second-order valence-corrected chi connectivity index (χ2v) is 7.73. The van der Waals surface area contributed by atoms with Crippen LogP contribution in [0.25, 0.3) is 11.6 Å². The summed E-state index contributed by atoms with van der Waals surface area (Å²) in [6, 6.07) is 3.99. The zero-order valence-corrected chi connectivity index (χ0v) is 15.4. The van der Waals surface area contributed by atoms with E-state index in [1.807, 2.05) is 23.1 Å². The number of aryl methyl sites for hydroxylation is 1. The summed E-state index contributed by atoms with van der Waals surface area (Å²) in [6.45, 7) is 1.56. The van der Waals surface area contributed by atoms with E-state index in [4.69, 9.17) is 4.42 Å². The number of hydrogen-bond acceptors (Lipinski definition) is 4. The van der Waals surface area contributed by atoms with Crippen LogP contribution < -0.4 is 5.32 Å². The maximum absolute atomic E-state index is 12.6. The largest absolute Gasteiger partial charge is 0.472 e. The van der Waals surface area contributed by atoms with Crippen LogP contribution >= 0.6 is 0 Å². The van der Waals surface area contributed by atoms with Gasteiger partial charge in [-0.2, -0.15) is 0 Å². The van der Waals surface area contributed by atoms with Crippen molar-refractivity contribution in [2.75, 3.05) is 18.4 Å². The highest BCUT2D eigenvalue weighted by molar-refractivity contribution is 5.94. The Hall–Kier alpha value is -3.15. The highest BCUT2D eigenvalue weighted by atomic mass is 16.3. The Morgan fingerprint density at radius 3 is 3.07 bits per heavy atom. The van der Waals surface area contributed by atoms with E-state index in [1.165, 1.54) is 5.57 Å². The molecule has 2 aliphatic heterocycles. The Kier molecular flexibility index (Phi) is 4.11. The molecule has 28 heavy (non-hydrogen) atoms. The number of aromatic nitrogens is 1. The molecule has 0 saturated carbocycles. The second-order valence-electron chi connectivity index (χ2n) is 7.73. The number of hydrogen-bond donors (Lipinski definition) is 1. The molecule has 4 heterocycles. The average Bonchev–Trinajstić information content (AvgIpc) is 3.41. The van der Waals surface area contributed by atoms with Gasteiger partial charge in [0.15, 0.2) is 0 Å². The third kappa shape index (κ3) is 3.15. The smallest absolute Gasteiger partial charge is 0.246 e. The zero-order chi connectivity index (χ0) is 19.1. The molecule has 2 amide bonds. The third-order valence-electron chi connectivity index (χ3n) is 5.88. The standard InChI is InChI=1S/C22H21N3O3/c26-20-3-2-15-7-14(10-23-22(15)24-20)1-4-21(27)25-11-18-8-17(9-19(18)12-25)16-5-6-28-13-16/h1,4-8,10,13,18-19H,2-3,9,11-12H2,(H,23,24,26)/b4-1+/t18?,19-/m0/s1. The molecule has 0 spiro atoms. The molecule has 0 radical (unpaired) electrons. The quantitative estimate of drug-likeness (QED) is 0.837. The second kappa shape index (κ2) is 6.78. The van der Waals surface area contributed by atoms with Gasteiger partial charge in [0, 0.05) is 37.3 Å². The molecular formula is C22H21N3O3. The number of furan rings is 1. The summed E-state index contributed by atoms with van der Waals surface area (Å²) in [5.74, 6) is 1.60. The van der Waals surface area contributed by atoms with E-state index in [9.17, 15) is 9.59 Å². The molecule has 2 atom stereocenters. The summed E-state index contributed by atoms with van der Waals surface area (Å²) >= 11 is 0. The number of nitrogens with one attached hydrogen (secondary N) is 1. The first-order valence-corrected chi connectivity index (χ1v) is 9.65. The van der Waals surface area contributed by atoms with Crippen molar-refractivity contribution in [2.45, 2.75) is 19.3 Å². The minimum absolute atomic E-state index is 0.00280. The molecule has 1 unspecified atom stereocenters. The van der Waals surface area contributed by atoms with Crippen LogP contribution in [0.15, 0.2) is 47.4 Å². The lowest BCUT2D eigenvalue weighted by molar-refractivity contribution is -0.125. The van der Waals surface area contributed by atoms with E-state index in [-0.39, 0.29) is 11.8 Å². The summed E-state index contributed by atoms with van der Waals surface area (Å²) in [6.07, 6.45) is 13.1. The van der Waals surface area contributed by atoms with Crippen LogP contribution in [0.2, 0.25) is 0 Å². The van der Waals surface area contributed by atoms with Crippen molar-refractivity contribution in [1.82, 2.24) is 9.88 Å². The highest BCUT2D eigenvalue weighted by Crippen LogP contribution is 2.41. The summed E-state index contributed by atoms with van der Waals surface area (Å²) in [7, 11) is 0. The molecule has 2 aromatic heterocycles. The first-order valence-electron chi connectivity index (χ1n) is 9.65. The summed E-state index contributed by atoms with van der Waals surface area (Å²) < 4.78 is 5.18. The van der Waals surface area contributed by atoms with Crippen molar-refractivity contribution in [1.29, 1.82) is 0 Å². The number of carbonyl (C=O) groups excluding carboxylic acids is 2. The van der Waals surface area contributed by atoms with E-state index in [2.05, 4.69) is 16.4 Å². The SMILES string of the molecule is O=C1CCc2cc(/C=C/C(=O)N3CC4C=C(c5ccoc5)C[C@H]4C3)cnc2N1. The molecule has 1 fully saturated rings. The Morgan fingerprint density at radius 2 is 2.25 bits per heavy atom. The topological polar surface area (TPSA) is 75.4 Å². The predicted octanol–water partition coefficient (Wildman–Crippen LogP) is 3.13. The van der Waals surface area contributed by atoms with Gasteiger partial charge in [-0.15, -0.1) is 0 Å². The van der Waals surface area contributed by atoms with Gasteiger partial charge in [-0.1, -0.05) is 6.08 Å². The fourth-order valence-corrected chi connectivity index (χ4v) is 4.39. The van der Waals surface area contributed by atoms with Gasteiger partial charge in [-0.05, 0) is 59.6 Å². The first kappa shape index (κ1) is 17.0. The average molecular weight is 375 g/mol. The van der Waals surface area contributed by atoms with Gasteiger partial charge in [0.1, 0.15) is 5.82 Å². The number of rotatable bonds is 3. The van der Waals surface area contributed by atoms with Crippen LogP contribution in [0, 0.1) is 11.8 Å². The minimum Gasteiger partial charge on any atom is -0.472 e. The number of fused-ring (bicyclic) bond motifs is 2. The number of amides is 2. The minimum atomic E-state index is 0.00280. The lowest BCUT2D eigenvalue weighted by atomic mass is 9.99. The van der Waals surface area contributed by atoms with Crippen molar-refractivity contribution in [3.05, 3.63) is 59.7 Å². The Labute approximate surface area is 162 Å². The number of nitrogens with zero attached hydrogens (tertiary/aromatic N) is 2. The molecule has 1 N–H and O–H groups in total. The number of pyridine rings is 1. The van der Waals surface area contributed by atoms with E-state index in [0.29, 0.717) is 30.5 Å². The molecule has 2 aromatic rings. The normalized spacial score (nSPS) is 23.5. The van der Waals surface area contributed by atoms with E-state index in [1.54, 1.807) is 24.8 Å².